The number of anilines is 2. The Hall–Kier alpha value is -3.60. The van der Waals surface area contributed by atoms with Crippen molar-refractivity contribution in [1.29, 1.82) is 0 Å². The highest BCUT2D eigenvalue weighted by atomic mass is 16.2. The summed E-state index contributed by atoms with van der Waals surface area (Å²) in [5.41, 5.74) is 5.13. The van der Waals surface area contributed by atoms with Crippen molar-refractivity contribution in [3.05, 3.63) is 95.1 Å². The van der Waals surface area contributed by atoms with Gasteiger partial charge in [0.1, 0.15) is 0 Å². The van der Waals surface area contributed by atoms with Crippen LogP contribution in [0.5, 0.6) is 0 Å². The number of benzene rings is 3. The summed E-state index contributed by atoms with van der Waals surface area (Å²) in [6.07, 6.45) is 2.99. The molecule has 1 aliphatic rings. The molecule has 2 amide bonds. The summed E-state index contributed by atoms with van der Waals surface area (Å²) < 4.78 is 0. The van der Waals surface area contributed by atoms with Crippen molar-refractivity contribution >= 4 is 23.2 Å². The molecule has 0 saturated carbocycles. The quantitative estimate of drug-likeness (QED) is 0.395. The Morgan fingerprint density at radius 2 is 1.57 bits per heavy atom. The molecule has 37 heavy (non-hydrogen) atoms. The Bertz CT molecular complexity index is 1210. The highest BCUT2D eigenvalue weighted by molar-refractivity contribution is 6.06. The lowest BCUT2D eigenvalue weighted by molar-refractivity contribution is 0.0953. The zero-order chi connectivity index (χ0) is 26.4. The Labute approximate surface area is 221 Å². The number of hydrogen-bond donors (Lipinski definition) is 2. The van der Waals surface area contributed by atoms with Gasteiger partial charge >= 0.3 is 0 Å². The van der Waals surface area contributed by atoms with E-state index < -0.39 is 0 Å². The summed E-state index contributed by atoms with van der Waals surface area (Å²) in [5, 5.41) is 6.08. The molecule has 0 unspecified atom stereocenters. The minimum absolute atomic E-state index is 0.0276. The third-order valence-corrected chi connectivity index (χ3v) is 7.18. The SMILES string of the molecule is CC1CCN(c2ccc(NC(=O)c3ccc(C(C)(C)C)cc3)cc2C(=O)NCCc2ccccc2)CC1. The lowest BCUT2D eigenvalue weighted by atomic mass is 9.87. The summed E-state index contributed by atoms with van der Waals surface area (Å²) in [6, 6.07) is 23.5. The van der Waals surface area contributed by atoms with E-state index in [1.165, 1.54) is 11.1 Å². The molecular weight excluding hydrogens is 458 g/mol. The highest BCUT2D eigenvalue weighted by Crippen LogP contribution is 2.29. The molecule has 194 valence electrons. The molecule has 0 spiro atoms. The summed E-state index contributed by atoms with van der Waals surface area (Å²) in [7, 11) is 0. The second-order valence-electron chi connectivity index (χ2n) is 11.2. The average molecular weight is 498 g/mol. The number of nitrogens with zero attached hydrogens (tertiary/aromatic N) is 1. The van der Waals surface area contributed by atoms with Crippen LogP contribution < -0.4 is 15.5 Å². The molecule has 4 rings (SSSR count). The van der Waals surface area contributed by atoms with E-state index >= 15 is 0 Å². The maximum Gasteiger partial charge on any atom is 0.255 e. The van der Waals surface area contributed by atoms with Gasteiger partial charge in [-0.05, 0) is 72.1 Å². The van der Waals surface area contributed by atoms with Gasteiger partial charge in [-0.1, -0.05) is 70.2 Å². The number of carbonyl (C=O) groups excluding carboxylic acids is 2. The van der Waals surface area contributed by atoms with Crippen LogP contribution in [0.25, 0.3) is 0 Å². The zero-order valence-electron chi connectivity index (χ0n) is 22.5. The lowest BCUT2D eigenvalue weighted by Gasteiger charge is -2.33. The van der Waals surface area contributed by atoms with Crippen molar-refractivity contribution in [2.24, 2.45) is 5.92 Å². The monoisotopic (exact) mass is 497 g/mol. The molecule has 5 nitrogen and oxygen atoms in total. The van der Waals surface area contributed by atoms with E-state index in [0.717, 1.165) is 38.0 Å². The normalized spacial score (nSPS) is 14.3. The van der Waals surface area contributed by atoms with Crippen molar-refractivity contribution in [1.82, 2.24) is 5.32 Å². The number of nitrogens with one attached hydrogen (secondary N) is 2. The van der Waals surface area contributed by atoms with Gasteiger partial charge < -0.3 is 15.5 Å². The van der Waals surface area contributed by atoms with Crippen molar-refractivity contribution in [3.8, 4) is 0 Å². The summed E-state index contributed by atoms with van der Waals surface area (Å²) in [6.45, 7) is 11.1. The number of hydrogen-bond acceptors (Lipinski definition) is 3. The first-order chi connectivity index (χ1) is 17.7. The number of carbonyl (C=O) groups is 2. The molecule has 0 aliphatic carbocycles. The van der Waals surface area contributed by atoms with Crippen molar-refractivity contribution in [3.63, 3.8) is 0 Å². The third-order valence-electron chi connectivity index (χ3n) is 7.18. The van der Waals surface area contributed by atoms with Gasteiger partial charge in [0, 0.05) is 36.6 Å². The fraction of sp³-hybridized carbons (Fsp3) is 0.375. The first-order valence-electron chi connectivity index (χ1n) is 13.3. The van der Waals surface area contributed by atoms with Crippen LogP contribution >= 0.6 is 0 Å². The van der Waals surface area contributed by atoms with Crippen LogP contribution in [0.1, 0.15) is 72.4 Å². The van der Waals surface area contributed by atoms with Crippen molar-refractivity contribution < 1.29 is 9.59 Å². The van der Waals surface area contributed by atoms with Crippen LogP contribution in [-0.2, 0) is 11.8 Å². The Balaban J connectivity index is 1.51. The molecule has 0 bridgehead atoms. The predicted molar refractivity (Wildman–Crippen MR) is 153 cm³/mol. The standard InChI is InChI=1S/C32H39N3O2/c1-23-17-20-35(21-18-23)29-15-14-27(34-30(36)25-10-12-26(13-11-25)32(2,3)4)22-28(29)31(37)33-19-16-24-8-6-5-7-9-24/h5-15,22-23H,16-21H2,1-4H3,(H,33,37)(H,34,36). The maximum absolute atomic E-state index is 13.4. The molecule has 0 atom stereocenters. The van der Waals surface area contributed by atoms with E-state index in [4.69, 9.17) is 0 Å². The fourth-order valence-corrected chi connectivity index (χ4v) is 4.71. The molecule has 0 radical (unpaired) electrons. The summed E-state index contributed by atoms with van der Waals surface area (Å²) in [4.78, 5) is 28.6. The maximum atomic E-state index is 13.4. The van der Waals surface area contributed by atoms with Crippen LogP contribution in [0.4, 0.5) is 11.4 Å². The molecule has 5 heteroatoms. The first kappa shape index (κ1) is 26.5. The Morgan fingerprint density at radius 1 is 0.892 bits per heavy atom. The van der Waals surface area contributed by atoms with Crippen molar-refractivity contribution in [2.45, 2.75) is 52.4 Å². The summed E-state index contributed by atoms with van der Waals surface area (Å²) >= 11 is 0. The average Bonchev–Trinajstić information content (AvgIpc) is 2.89. The van der Waals surface area contributed by atoms with E-state index in [0.29, 0.717) is 29.3 Å². The minimum Gasteiger partial charge on any atom is -0.371 e. The number of piperidine rings is 1. The molecule has 1 saturated heterocycles. The molecule has 3 aromatic carbocycles. The van der Waals surface area contributed by atoms with E-state index in [1.54, 1.807) is 0 Å². The van der Waals surface area contributed by atoms with Crippen LogP contribution in [0.3, 0.4) is 0 Å². The van der Waals surface area contributed by atoms with E-state index in [2.05, 4.69) is 55.4 Å². The fourth-order valence-electron chi connectivity index (χ4n) is 4.71. The van der Waals surface area contributed by atoms with Gasteiger partial charge in [-0.3, -0.25) is 9.59 Å². The highest BCUT2D eigenvalue weighted by Gasteiger charge is 2.22. The zero-order valence-corrected chi connectivity index (χ0v) is 22.5. The molecule has 1 aliphatic heterocycles. The Kier molecular flexibility index (Phi) is 8.32. The van der Waals surface area contributed by atoms with Crippen LogP contribution in [-0.4, -0.2) is 31.4 Å². The lowest BCUT2D eigenvalue weighted by Crippen LogP contribution is -2.35. The topological polar surface area (TPSA) is 61.4 Å². The molecule has 3 aromatic rings. The van der Waals surface area contributed by atoms with Gasteiger partial charge in [-0.15, -0.1) is 0 Å². The largest absolute Gasteiger partial charge is 0.371 e. The summed E-state index contributed by atoms with van der Waals surface area (Å²) in [5.74, 6) is 0.397. The van der Waals surface area contributed by atoms with E-state index in [1.807, 2.05) is 60.7 Å². The van der Waals surface area contributed by atoms with E-state index in [-0.39, 0.29) is 17.2 Å². The van der Waals surface area contributed by atoms with Gasteiger partial charge in [0.25, 0.3) is 11.8 Å². The van der Waals surface area contributed by atoms with Crippen LogP contribution in [0.2, 0.25) is 0 Å². The minimum atomic E-state index is -0.185. The first-order valence-corrected chi connectivity index (χ1v) is 13.3. The van der Waals surface area contributed by atoms with Crippen molar-refractivity contribution in [2.75, 3.05) is 29.9 Å². The third kappa shape index (κ3) is 7.00. The van der Waals surface area contributed by atoms with Gasteiger partial charge in [-0.25, -0.2) is 0 Å². The molecular formula is C32H39N3O2. The second-order valence-corrected chi connectivity index (χ2v) is 11.2. The Morgan fingerprint density at radius 3 is 2.22 bits per heavy atom. The molecule has 0 aromatic heterocycles. The molecule has 2 N–H and O–H groups in total. The van der Waals surface area contributed by atoms with Crippen LogP contribution in [0.15, 0.2) is 72.8 Å². The number of rotatable bonds is 7. The van der Waals surface area contributed by atoms with Gasteiger partial charge in [0.2, 0.25) is 0 Å². The second kappa shape index (κ2) is 11.6. The predicted octanol–water partition coefficient (Wildman–Crippen LogP) is 6.45. The molecule has 1 fully saturated rings. The van der Waals surface area contributed by atoms with Gasteiger partial charge in [0.05, 0.1) is 5.56 Å². The smallest absolute Gasteiger partial charge is 0.255 e. The molecule has 1 heterocycles. The van der Waals surface area contributed by atoms with E-state index in [9.17, 15) is 9.59 Å². The number of amides is 2. The van der Waals surface area contributed by atoms with Gasteiger partial charge in [0.15, 0.2) is 0 Å². The van der Waals surface area contributed by atoms with Gasteiger partial charge in [-0.2, -0.15) is 0 Å². The van der Waals surface area contributed by atoms with Crippen LogP contribution in [0, 0.1) is 5.92 Å².